The molecule has 0 radical (unpaired) electrons. The maximum absolute atomic E-state index is 12.7. The summed E-state index contributed by atoms with van der Waals surface area (Å²) in [4.78, 5) is 0. The monoisotopic (exact) mass is 256 g/mol. The van der Waals surface area contributed by atoms with Crippen LogP contribution in [0.4, 0.5) is 35.1 Å². The zero-order chi connectivity index (χ0) is 12.8. The van der Waals surface area contributed by atoms with Crippen LogP contribution in [0.15, 0.2) is 0 Å². The van der Waals surface area contributed by atoms with Gasteiger partial charge in [0.2, 0.25) is 0 Å². The van der Waals surface area contributed by atoms with Crippen molar-refractivity contribution in [2.45, 2.75) is 37.5 Å². The fourth-order valence-corrected chi connectivity index (χ4v) is 1.84. The zero-order valence-corrected chi connectivity index (χ0v) is 7.80. The number of alkyl halides is 8. The first-order chi connectivity index (χ1) is 6.96. The summed E-state index contributed by atoms with van der Waals surface area (Å²) < 4.78 is 97.3. The van der Waals surface area contributed by atoms with Crippen molar-refractivity contribution in [3.05, 3.63) is 0 Å². The summed E-state index contributed by atoms with van der Waals surface area (Å²) in [5.74, 6) is -9.35. The summed E-state index contributed by atoms with van der Waals surface area (Å²) in [6, 6.07) is 0. The minimum atomic E-state index is -5.78. The third kappa shape index (κ3) is 2.40. The van der Waals surface area contributed by atoms with Gasteiger partial charge in [-0.05, 0) is 19.3 Å². The van der Waals surface area contributed by atoms with Crippen molar-refractivity contribution in [2.75, 3.05) is 0 Å². The van der Waals surface area contributed by atoms with Gasteiger partial charge in [0.15, 0.2) is 0 Å². The molecule has 0 saturated heterocycles. The minimum absolute atomic E-state index is 0.667. The van der Waals surface area contributed by atoms with Crippen molar-refractivity contribution in [2.24, 2.45) is 11.8 Å². The van der Waals surface area contributed by atoms with Crippen LogP contribution in [-0.2, 0) is 0 Å². The van der Waals surface area contributed by atoms with E-state index in [0.29, 0.717) is 0 Å². The van der Waals surface area contributed by atoms with E-state index in [1.54, 1.807) is 0 Å². The van der Waals surface area contributed by atoms with Gasteiger partial charge in [-0.1, -0.05) is 0 Å². The lowest BCUT2D eigenvalue weighted by Crippen LogP contribution is -2.42. The van der Waals surface area contributed by atoms with Crippen molar-refractivity contribution >= 4 is 0 Å². The van der Waals surface area contributed by atoms with Crippen LogP contribution >= 0.6 is 0 Å². The van der Waals surface area contributed by atoms with E-state index in [1.165, 1.54) is 0 Å². The Labute approximate surface area is 85.6 Å². The molecule has 0 N–H and O–H groups in total. The molecule has 96 valence electrons. The minimum Gasteiger partial charge on any atom is -0.196 e. The Morgan fingerprint density at radius 2 is 1.12 bits per heavy atom. The van der Waals surface area contributed by atoms with E-state index < -0.39 is 49.4 Å². The van der Waals surface area contributed by atoms with Crippen molar-refractivity contribution in [3.63, 3.8) is 0 Å². The highest BCUT2D eigenvalue weighted by Gasteiger charge is 2.64. The van der Waals surface area contributed by atoms with Gasteiger partial charge >= 0.3 is 18.3 Å². The third-order valence-corrected chi connectivity index (χ3v) is 2.79. The van der Waals surface area contributed by atoms with Crippen molar-refractivity contribution in [1.29, 1.82) is 0 Å². The second-order valence-electron chi connectivity index (χ2n) is 3.87. The molecule has 0 aliphatic heterocycles. The molecule has 1 aliphatic carbocycles. The van der Waals surface area contributed by atoms with E-state index >= 15 is 0 Å². The molecule has 0 amide bonds. The summed E-state index contributed by atoms with van der Waals surface area (Å²) in [7, 11) is 0. The number of halogens is 8. The Bertz CT molecular complexity index is 250. The highest BCUT2D eigenvalue weighted by Crippen LogP contribution is 2.52. The predicted molar refractivity (Wildman–Crippen MR) is 37.9 cm³/mol. The molecule has 0 heterocycles. The number of hydrogen-bond donors (Lipinski definition) is 0. The van der Waals surface area contributed by atoms with E-state index in [1.807, 2.05) is 0 Å². The molecule has 0 spiro atoms. The van der Waals surface area contributed by atoms with Gasteiger partial charge < -0.3 is 0 Å². The van der Waals surface area contributed by atoms with E-state index in [9.17, 15) is 35.1 Å². The van der Waals surface area contributed by atoms with Gasteiger partial charge in [-0.15, -0.1) is 0 Å². The van der Waals surface area contributed by atoms with Crippen LogP contribution in [-0.4, -0.2) is 18.3 Å². The molecule has 0 aromatic carbocycles. The fraction of sp³-hybridized carbons (Fsp3) is 1.00. The quantitative estimate of drug-likeness (QED) is 0.618. The first kappa shape index (κ1) is 13.5. The second kappa shape index (κ2) is 3.73. The van der Waals surface area contributed by atoms with Crippen LogP contribution in [0.3, 0.4) is 0 Å². The molecular weight excluding hydrogens is 248 g/mol. The molecule has 8 heteroatoms. The SMILES string of the molecule is FC(F)(F)C1CCC(C(F)(F)C(F)(F)F)C1. The molecule has 0 aromatic heterocycles. The van der Waals surface area contributed by atoms with Gasteiger partial charge in [-0.2, -0.15) is 35.1 Å². The standard InChI is InChI=1S/C8H8F8/c9-6(10,8(14,15)16)4-1-2-5(3-4)7(11,12)13/h4-5H,1-3H2. The molecule has 2 unspecified atom stereocenters. The summed E-state index contributed by atoms with van der Waals surface area (Å²) in [6.45, 7) is 0. The highest BCUT2D eigenvalue weighted by molar-refractivity contribution is 4.91. The van der Waals surface area contributed by atoms with Gasteiger partial charge in [-0.25, -0.2) is 0 Å². The van der Waals surface area contributed by atoms with Crippen LogP contribution in [0, 0.1) is 11.8 Å². The van der Waals surface area contributed by atoms with Crippen LogP contribution in [0.25, 0.3) is 0 Å². The molecule has 16 heavy (non-hydrogen) atoms. The summed E-state index contributed by atoms with van der Waals surface area (Å²) in [6.07, 6.45) is -13.1. The molecule has 0 bridgehead atoms. The predicted octanol–water partition coefficient (Wildman–Crippen LogP) is 4.16. The molecule has 2 atom stereocenters. The fourth-order valence-electron chi connectivity index (χ4n) is 1.84. The maximum Gasteiger partial charge on any atom is 0.453 e. The molecule has 1 aliphatic rings. The van der Waals surface area contributed by atoms with Crippen molar-refractivity contribution < 1.29 is 35.1 Å². The van der Waals surface area contributed by atoms with Crippen LogP contribution in [0.2, 0.25) is 0 Å². The Hall–Kier alpha value is -0.560. The molecule has 1 saturated carbocycles. The zero-order valence-electron chi connectivity index (χ0n) is 7.80. The van der Waals surface area contributed by atoms with Gasteiger partial charge in [-0.3, -0.25) is 0 Å². The van der Waals surface area contributed by atoms with Gasteiger partial charge in [0.1, 0.15) is 0 Å². The Kier molecular flexibility index (Phi) is 3.15. The van der Waals surface area contributed by atoms with Crippen LogP contribution < -0.4 is 0 Å². The first-order valence-corrected chi connectivity index (χ1v) is 4.47. The van der Waals surface area contributed by atoms with Gasteiger partial charge in [0.05, 0.1) is 5.92 Å². The van der Waals surface area contributed by atoms with E-state index in [2.05, 4.69) is 0 Å². The molecule has 1 rings (SSSR count). The lowest BCUT2D eigenvalue weighted by molar-refractivity contribution is -0.303. The Morgan fingerprint density at radius 1 is 0.688 bits per heavy atom. The molecule has 0 aromatic rings. The van der Waals surface area contributed by atoms with Crippen molar-refractivity contribution in [1.82, 2.24) is 0 Å². The molecule has 1 fully saturated rings. The van der Waals surface area contributed by atoms with Crippen LogP contribution in [0.1, 0.15) is 19.3 Å². The van der Waals surface area contributed by atoms with E-state index in [0.717, 1.165) is 0 Å². The first-order valence-electron chi connectivity index (χ1n) is 4.47. The Morgan fingerprint density at radius 3 is 1.44 bits per heavy atom. The van der Waals surface area contributed by atoms with Crippen LogP contribution in [0.5, 0.6) is 0 Å². The molecular formula is C8H8F8. The summed E-state index contributed by atoms with van der Waals surface area (Å²) >= 11 is 0. The number of hydrogen-bond acceptors (Lipinski definition) is 0. The van der Waals surface area contributed by atoms with Crippen molar-refractivity contribution in [3.8, 4) is 0 Å². The van der Waals surface area contributed by atoms with E-state index in [-0.39, 0.29) is 0 Å². The van der Waals surface area contributed by atoms with E-state index in [4.69, 9.17) is 0 Å². The van der Waals surface area contributed by atoms with Gasteiger partial charge in [0, 0.05) is 5.92 Å². The lowest BCUT2D eigenvalue weighted by Gasteiger charge is -2.25. The summed E-state index contributed by atoms with van der Waals surface area (Å²) in [5.41, 5.74) is 0. The highest BCUT2D eigenvalue weighted by atomic mass is 19.4. The normalized spacial score (nSPS) is 28.5. The molecule has 0 nitrogen and oxygen atoms in total. The second-order valence-corrected chi connectivity index (χ2v) is 3.87. The summed E-state index contributed by atoms with van der Waals surface area (Å²) in [5, 5.41) is 0. The third-order valence-electron chi connectivity index (χ3n) is 2.79. The number of rotatable bonds is 1. The largest absolute Gasteiger partial charge is 0.453 e. The topological polar surface area (TPSA) is 0 Å². The average Bonchev–Trinajstić information content (AvgIpc) is 2.47. The Balaban J connectivity index is 2.74. The lowest BCUT2D eigenvalue weighted by atomic mass is 9.97. The smallest absolute Gasteiger partial charge is 0.196 e. The maximum atomic E-state index is 12.7. The van der Waals surface area contributed by atoms with Gasteiger partial charge in [0.25, 0.3) is 0 Å². The average molecular weight is 256 g/mol.